The highest BCUT2D eigenvalue weighted by Crippen LogP contribution is 2.48. The van der Waals surface area contributed by atoms with E-state index in [-0.39, 0.29) is 24.4 Å². The zero-order valence-electron chi connectivity index (χ0n) is 13.2. The molecule has 0 saturated heterocycles. The normalized spacial score (nSPS) is 19.2. The molecule has 7 nitrogen and oxygen atoms in total. The molecule has 24 heavy (non-hydrogen) atoms. The summed E-state index contributed by atoms with van der Waals surface area (Å²) in [6.45, 7) is 0.141. The summed E-state index contributed by atoms with van der Waals surface area (Å²) in [5, 5.41) is 12.7. The van der Waals surface area contributed by atoms with Crippen molar-refractivity contribution in [1.29, 1.82) is 0 Å². The Morgan fingerprint density at radius 1 is 1.25 bits per heavy atom. The predicted molar refractivity (Wildman–Crippen MR) is 85.2 cm³/mol. The van der Waals surface area contributed by atoms with Gasteiger partial charge in [0.1, 0.15) is 12.3 Å². The van der Waals surface area contributed by atoms with Gasteiger partial charge in [-0.3, -0.25) is 9.48 Å². The van der Waals surface area contributed by atoms with Crippen LogP contribution in [0.2, 0.25) is 0 Å². The summed E-state index contributed by atoms with van der Waals surface area (Å²) in [5.74, 6) is -0.0253. The summed E-state index contributed by atoms with van der Waals surface area (Å²) in [4.78, 5) is 13.7. The van der Waals surface area contributed by atoms with E-state index in [0.29, 0.717) is 5.69 Å². The van der Waals surface area contributed by atoms with Crippen LogP contribution in [-0.2, 0) is 23.2 Å². The Hall–Kier alpha value is -2.96. The van der Waals surface area contributed by atoms with Crippen LogP contribution in [0.15, 0.2) is 48.9 Å². The van der Waals surface area contributed by atoms with E-state index < -0.39 is 0 Å². The van der Waals surface area contributed by atoms with E-state index in [0.717, 1.165) is 17.7 Å². The number of carbonyl (C=O) groups excluding carboxylic acids is 1. The molecule has 0 aliphatic heterocycles. The van der Waals surface area contributed by atoms with Crippen molar-refractivity contribution in [3.63, 3.8) is 0 Å². The minimum atomic E-state index is -0.182. The maximum atomic E-state index is 12.1. The number of aromatic nitrogens is 5. The third-order valence-electron chi connectivity index (χ3n) is 4.13. The Kier molecular flexibility index (Phi) is 3.60. The van der Waals surface area contributed by atoms with Gasteiger partial charge in [-0.05, 0) is 24.1 Å². The lowest BCUT2D eigenvalue weighted by atomic mass is 10.2. The Morgan fingerprint density at radius 2 is 2.08 bits per heavy atom. The first-order valence-corrected chi connectivity index (χ1v) is 7.82. The lowest BCUT2D eigenvalue weighted by Crippen LogP contribution is -2.08. The van der Waals surface area contributed by atoms with E-state index in [4.69, 9.17) is 4.74 Å². The van der Waals surface area contributed by atoms with Crippen molar-refractivity contribution in [2.75, 3.05) is 0 Å². The van der Waals surface area contributed by atoms with Gasteiger partial charge in [-0.2, -0.15) is 15.0 Å². The number of benzene rings is 1. The van der Waals surface area contributed by atoms with Gasteiger partial charge in [0, 0.05) is 19.2 Å². The number of ether oxygens (including phenoxy) is 1. The largest absolute Gasteiger partial charge is 0.459 e. The average molecular weight is 323 g/mol. The van der Waals surface area contributed by atoms with Gasteiger partial charge >= 0.3 is 5.97 Å². The number of esters is 1. The van der Waals surface area contributed by atoms with Crippen LogP contribution in [0.4, 0.5) is 0 Å². The zero-order valence-corrected chi connectivity index (χ0v) is 13.2. The third kappa shape index (κ3) is 2.92. The van der Waals surface area contributed by atoms with Crippen LogP contribution in [0, 0.1) is 5.92 Å². The van der Waals surface area contributed by atoms with Crippen molar-refractivity contribution in [2.24, 2.45) is 13.0 Å². The maximum absolute atomic E-state index is 12.1. The average Bonchev–Trinajstić information content (AvgIpc) is 3.05. The van der Waals surface area contributed by atoms with Gasteiger partial charge in [-0.15, -0.1) is 5.10 Å². The van der Waals surface area contributed by atoms with E-state index in [2.05, 4.69) is 15.3 Å². The second-order valence-electron chi connectivity index (χ2n) is 5.96. The van der Waals surface area contributed by atoms with E-state index in [9.17, 15) is 4.79 Å². The van der Waals surface area contributed by atoms with Crippen molar-refractivity contribution >= 4 is 5.97 Å². The van der Waals surface area contributed by atoms with Gasteiger partial charge in [0.25, 0.3) is 0 Å². The molecule has 1 aliphatic rings. The van der Waals surface area contributed by atoms with Crippen molar-refractivity contribution in [2.45, 2.75) is 18.9 Å². The topological polar surface area (TPSA) is 74.8 Å². The number of nitrogens with zero attached hydrogens (tertiary/aromatic N) is 5. The Labute approximate surface area is 138 Å². The van der Waals surface area contributed by atoms with Crippen LogP contribution in [0.3, 0.4) is 0 Å². The molecule has 4 rings (SSSR count). The molecule has 0 N–H and O–H groups in total. The SMILES string of the molecule is Cn1cc([C@H]2C[C@H]2C(=O)OCc2cnn(-c3ccccc3)n2)cn1. The molecule has 1 aliphatic carbocycles. The molecule has 0 radical (unpaired) electrons. The molecule has 0 unspecified atom stereocenters. The minimum Gasteiger partial charge on any atom is -0.459 e. The lowest BCUT2D eigenvalue weighted by Gasteiger charge is -2.01. The van der Waals surface area contributed by atoms with Gasteiger partial charge in [-0.1, -0.05) is 18.2 Å². The Morgan fingerprint density at radius 3 is 2.83 bits per heavy atom. The highest BCUT2D eigenvalue weighted by Gasteiger charge is 2.45. The highest BCUT2D eigenvalue weighted by atomic mass is 16.5. The second-order valence-corrected chi connectivity index (χ2v) is 5.96. The van der Waals surface area contributed by atoms with Crippen LogP contribution < -0.4 is 0 Å². The summed E-state index contributed by atoms with van der Waals surface area (Å²) in [5.41, 5.74) is 2.59. The first-order valence-electron chi connectivity index (χ1n) is 7.82. The molecule has 3 aromatic rings. The number of hydrogen-bond acceptors (Lipinski definition) is 5. The van der Waals surface area contributed by atoms with Crippen molar-refractivity contribution in [3.05, 3.63) is 60.2 Å². The van der Waals surface area contributed by atoms with Gasteiger partial charge in [0.2, 0.25) is 0 Å². The molecule has 2 atom stereocenters. The maximum Gasteiger partial charge on any atom is 0.309 e. The molecule has 2 heterocycles. The summed E-state index contributed by atoms with van der Waals surface area (Å²) < 4.78 is 7.13. The van der Waals surface area contributed by atoms with Gasteiger partial charge in [0.15, 0.2) is 0 Å². The number of rotatable bonds is 5. The van der Waals surface area contributed by atoms with Crippen LogP contribution >= 0.6 is 0 Å². The summed E-state index contributed by atoms with van der Waals surface area (Å²) in [6, 6.07) is 9.61. The van der Waals surface area contributed by atoms with Crippen molar-refractivity contribution < 1.29 is 9.53 Å². The molecule has 1 saturated carbocycles. The fourth-order valence-corrected chi connectivity index (χ4v) is 2.75. The summed E-state index contributed by atoms with van der Waals surface area (Å²) in [6.07, 6.45) is 6.19. The predicted octanol–water partition coefficient (Wildman–Crippen LogP) is 1.85. The van der Waals surface area contributed by atoms with E-state index in [1.54, 1.807) is 10.9 Å². The van der Waals surface area contributed by atoms with E-state index >= 15 is 0 Å². The standard InChI is InChI=1S/C17H17N5O2/c1-21-10-12(8-18-21)15-7-16(15)17(23)24-11-13-9-19-22(20-13)14-5-3-2-4-6-14/h2-6,8-10,15-16H,7,11H2,1H3/t15-,16-/m1/s1. The summed E-state index contributed by atoms with van der Waals surface area (Å²) >= 11 is 0. The Balaban J connectivity index is 1.33. The quantitative estimate of drug-likeness (QED) is 0.670. The van der Waals surface area contributed by atoms with E-state index in [1.807, 2.05) is 49.8 Å². The fourth-order valence-electron chi connectivity index (χ4n) is 2.75. The van der Waals surface area contributed by atoms with Gasteiger partial charge in [0.05, 0.1) is 24.0 Å². The molecule has 7 heteroatoms. The van der Waals surface area contributed by atoms with Gasteiger partial charge < -0.3 is 4.74 Å². The number of aryl methyl sites for hydroxylation is 1. The smallest absolute Gasteiger partial charge is 0.309 e. The molecule has 0 bridgehead atoms. The molecule has 0 spiro atoms. The fraction of sp³-hybridized carbons (Fsp3) is 0.294. The molecule has 2 aromatic heterocycles. The highest BCUT2D eigenvalue weighted by molar-refractivity contribution is 5.77. The number of hydrogen-bond donors (Lipinski definition) is 0. The molecule has 122 valence electrons. The first-order chi connectivity index (χ1) is 11.7. The van der Waals surface area contributed by atoms with Crippen LogP contribution in [-0.4, -0.2) is 30.7 Å². The Bertz CT molecular complexity index is 855. The molecular weight excluding hydrogens is 306 g/mol. The number of para-hydroxylation sites is 1. The van der Waals surface area contributed by atoms with Crippen molar-refractivity contribution in [1.82, 2.24) is 24.8 Å². The lowest BCUT2D eigenvalue weighted by molar-refractivity contribution is -0.146. The third-order valence-corrected chi connectivity index (χ3v) is 4.13. The number of carbonyl (C=O) groups is 1. The second kappa shape index (κ2) is 5.92. The zero-order chi connectivity index (χ0) is 16.5. The van der Waals surface area contributed by atoms with Crippen molar-refractivity contribution in [3.8, 4) is 5.69 Å². The van der Waals surface area contributed by atoms with Gasteiger partial charge in [-0.25, -0.2) is 0 Å². The van der Waals surface area contributed by atoms with E-state index in [1.165, 1.54) is 4.80 Å². The molecule has 1 aromatic carbocycles. The van der Waals surface area contributed by atoms with Crippen LogP contribution in [0.1, 0.15) is 23.6 Å². The van der Waals surface area contributed by atoms with Crippen LogP contribution in [0.25, 0.3) is 5.69 Å². The minimum absolute atomic E-state index is 0.0710. The monoisotopic (exact) mass is 323 g/mol. The molecular formula is C17H17N5O2. The van der Waals surface area contributed by atoms with Crippen LogP contribution in [0.5, 0.6) is 0 Å². The summed E-state index contributed by atoms with van der Waals surface area (Å²) in [7, 11) is 1.87. The first kappa shape index (κ1) is 14.6. The molecule has 0 amide bonds. The molecule has 1 fully saturated rings.